The van der Waals surface area contributed by atoms with Crippen molar-refractivity contribution in [3.05, 3.63) is 59.2 Å². The summed E-state index contributed by atoms with van der Waals surface area (Å²) in [4.78, 5) is 4.32. The first-order chi connectivity index (χ1) is 8.68. The highest BCUT2D eigenvalue weighted by molar-refractivity contribution is 7.99. The van der Waals surface area contributed by atoms with E-state index in [0.717, 1.165) is 15.6 Å². The fraction of sp³-hybridized carbons (Fsp3) is 0.214. The Morgan fingerprint density at radius 2 is 1.89 bits per heavy atom. The van der Waals surface area contributed by atoms with Gasteiger partial charge in [-0.3, -0.25) is 0 Å². The quantitative estimate of drug-likeness (QED) is 0.862. The van der Waals surface area contributed by atoms with E-state index in [-0.39, 0.29) is 11.3 Å². The number of pyridine rings is 1. The summed E-state index contributed by atoms with van der Waals surface area (Å²) in [7, 11) is 0. The largest absolute Gasteiger partial charge is 0.327 e. The maximum atomic E-state index is 6.24. The van der Waals surface area contributed by atoms with Crippen LogP contribution in [0.5, 0.6) is 0 Å². The number of hydrogen-bond acceptors (Lipinski definition) is 3. The van der Waals surface area contributed by atoms with Crippen LogP contribution in [0, 0.1) is 0 Å². The Bertz CT molecular complexity index is 502. The van der Waals surface area contributed by atoms with E-state index in [1.54, 1.807) is 18.0 Å². The van der Waals surface area contributed by atoms with E-state index in [0.29, 0.717) is 0 Å². The van der Waals surface area contributed by atoms with Crippen molar-refractivity contribution in [2.45, 2.75) is 23.2 Å². The number of nitrogens with two attached hydrogens (primary N) is 1. The summed E-state index contributed by atoms with van der Waals surface area (Å²) < 4.78 is 0. The number of nitrogens with zero attached hydrogens (tertiary/aromatic N) is 1. The monoisotopic (exact) mass is 278 g/mol. The summed E-state index contributed by atoms with van der Waals surface area (Å²) in [6.45, 7) is 1.99. The summed E-state index contributed by atoms with van der Waals surface area (Å²) in [5, 5.41) is 1.82. The number of thioether (sulfide) groups is 1. The topological polar surface area (TPSA) is 38.9 Å². The van der Waals surface area contributed by atoms with Crippen LogP contribution in [0.3, 0.4) is 0 Å². The Hall–Kier alpha value is -1.03. The van der Waals surface area contributed by atoms with Gasteiger partial charge in [-0.1, -0.05) is 47.6 Å². The van der Waals surface area contributed by atoms with Gasteiger partial charge in [0.15, 0.2) is 0 Å². The molecule has 0 aliphatic heterocycles. The lowest BCUT2D eigenvalue weighted by Gasteiger charge is -2.21. The first-order valence-electron chi connectivity index (χ1n) is 5.76. The van der Waals surface area contributed by atoms with E-state index in [2.05, 4.69) is 4.98 Å². The lowest BCUT2D eigenvalue weighted by molar-refractivity contribution is 0.720. The number of hydrogen-bond donors (Lipinski definition) is 1. The van der Waals surface area contributed by atoms with Gasteiger partial charge in [-0.25, -0.2) is 4.98 Å². The predicted molar refractivity (Wildman–Crippen MR) is 77.9 cm³/mol. The zero-order chi connectivity index (χ0) is 13.0. The summed E-state index contributed by atoms with van der Waals surface area (Å²) in [5.41, 5.74) is 7.14. The highest BCUT2D eigenvalue weighted by Crippen LogP contribution is 2.38. The van der Waals surface area contributed by atoms with Crippen molar-refractivity contribution in [1.29, 1.82) is 0 Å². The Balaban J connectivity index is 2.27. The van der Waals surface area contributed by atoms with Crippen LogP contribution < -0.4 is 5.73 Å². The minimum absolute atomic E-state index is 0.00286. The predicted octanol–water partition coefficient (Wildman–Crippen LogP) is 3.92. The van der Waals surface area contributed by atoms with Gasteiger partial charge in [0, 0.05) is 17.3 Å². The van der Waals surface area contributed by atoms with Crippen molar-refractivity contribution in [3.8, 4) is 0 Å². The van der Waals surface area contributed by atoms with Crippen LogP contribution in [0.15, 0.2) is 53.7 Å². The molecule has 1 heterocycles. The molecule has 0 saturated heterocycles. The molecule has 2 unspecified atom stereocenters. The second kappa shape index (κ2) is 6.23. The molecular weight excluding hydrogens is 264 g/mol. The molecule has 18 heavy (non-hydrogen) atoms. The Kier molecular flexibility index (Phi) is 4.64. The van der Waals surface area contributed by atoms with Gasteiger partial charge in [0.25, 0.3) is 0 Å². The van der Waals surface area contributed by atoms with Gasteiger partial charge >= 0.3 is 0 Å². The van der Waals surface area contributed by atoms with Crippen molar-refractivity contribution < 1.29 is 0 Å². The first kappa shape index (κ1) is 13.4. The van der Waals surface area contributed by atoms with E-state index in [1.165, 1.54) is 0 Å². The molecule has 0 aliphatic rings. The third kappa shape index (κ3) is 3.25. The lowest BCUT2D eigenvalue weighted by atomic mass is 10.1. The van der Waals surface area contributed by atoms with Crippen molar-refractivity contribution in [3.63, 3.8) is 0 Å². The number of aromatic nitrogens is 1. The minimum Gasteiger partial charge on any atom is -0.327 e. The molecule has 4 heteroatoms. The molecule has 0 amide bonds. The van der Waals surface area contributed by atoms with Crippen molar-refractivity contribution >= 4 is 23.4 Å². The van der Waals surface area contributed by atoms with Crippen molar-refractivity contribution in [2.24, 2.45) is 5.73 Å². The average Bonchev–Trinajstić information content (AvgIpc) is 2.38. The molecule has 2 atom stereocenters. The maximum Gasteiger partial charge on any atom is 0.0966 e. The number of halogens is 1. The van der Waals surface area contributed by atoms with Crippen LogP contribution in [0.1, 0.15) is 17.7 Å². The summed E-state index contributed by atoms with van der Waals surface area (Å²) in [6.07, 6.45) is 1.78. The van der Waals surface area contributed by atoms with E-state index >= 15 is 0 Å². The standard InChI is InChI=1S/C14H15ClN2S/c1-10(16)14(11-6-2-3-7-12(11)15)18-13-8-4-5-9-17-13/h2-10,14H,16H2,1H3. The van der Waals surface area contributed by atoms with Gasteiger partial charge in [0.05, 0.1) is 10.3 Å². The van der Waals surface area contributed by atoms with E-state index in [9.17, 15) is 0 Å². The Morgan fingerprint density at radius 3 is 2.50 bits per heavy atom. The zero-order valence-corrected chi connectivity index (χ0v) is 11.7. The molecule has 2 aromatic rings. The highest BCUT2D eigenvalue weighted by Gasteiger charge is 2.20. The Morgan fingerprint density at radius 1 is 1.17 bits per heavy atom. The van der Waals surface area contributed by atoms with Crippen LogP contribution in [0.2, 0.25) is 5.02 Å². The fourth-order valence-electron chi connectivity index (χ4n) is 1.71. The molecular formula is C14H15ClN2S. The second-order valence-corrected chi connectivity index (χ2v) is 5.66. The van der Waals surface area contributed by atoms with Crippen LogP contribution in [0.25, 0.3) is 0 Å². The van der Waals surface area contributed by atoms with E-state index in [1.807, 2.05) is 49.4 Å². The molecule has 0 spiro atoms. The Labute approximate surface area is 117 Å². The van der Waals surface area contributed by atoms with Gasteiger partial charge in [-0.2, -0.15) is 0 Å². The molecule has 1 aromatic carbocycles. The van der Waals surface area contributed by atoms with Gasteiger partial charge in [-0.15, -0.1) is 0 Å². The number of rotatable bonds is 4. The zero-order valence-electron chi connectivity index (χ0n) is 10.1. The fourth-order valence-corrected chi connectivity index (χ4v) is 3.11. The molecule has 0 saturated carbocycles. The molecule has 0 fully saturated rings. The van der Waals surface area contributed by atoms with Crippen molar-refractivity contribution in [2.75, 3.05) is 0 Å². The lowest BCUT2D eigenvalue weighted by Crippen LogP contribution is -2.22. The summed E-state index contributed by atoms with van der Waals surface area (Å²) in [5.74, 6) is 0. The van der Waals surface area contributed by atoms with Crippen LogP contribution in [-0.4, -0.2) is 11.0 Å². The average molecular weight is 279 g/mol. The molecule has 2 nitrogen and oxygen atoms in total. The normalized spacial score (nSPS) is 14.2. The molecule has 2 rings (SSSR count). The van der Waals surface area contributed by atoms with Gasteiger partial charge in [-0.05, 0) is 30.7 Å². The smallest absolute Gasteiger partial charge is 0.0966 e. The van der Waals surface area contributed by atoms with Gasteiger partial charge < -0.3 is 5.73 Å². The molecule has 0 aliphatic carbocycles. The molecule has 0 radical (unpaired) electrons. The van der Waals surface area contributed by atoms with Crippen LogP contribution in [-0.2, 0) is 0 Å². The molecule has 0 bridgehead atoms. The summed E-state index contributed by atoms with van der Waals surface area (Å²) in [6, 6.07) is 13.7. The SMILES string of the molecule is CC(N)C(Sc1ccccn1)c1ccccc1Cl. The van der Waals surface area contributed by atoms with E-state index in [4.69, 9.17) is 17.3 Å². The first-order valence-corrected chi connectivity index (χ1v) is 7.02. The van der Waals surface area contributed by atoms with Gasteiger partial charge in [0.1, 0.15) is 0 Å². The summed E-state index contributed by atoms with van der Waals surface area (Å²) >= 11 is 7.88. The van der Waals surface area contributed by atoms with Crippen molar-refractivity contribution in [1.82, 2.24) is 4.98 Å². The van der Waals surface area contributed by atoms with Crippen LogP contribution >= 0.6 is 23.4 Å². The molecule has 2 N–H and O–H groups in total. The highest BCUT2D eigenvalue weighted by atomic mass is 35.5. The minimum atomic E-state index is -0.00286. The van der Waals surface area contributed by atoms with Crippen LogP contribution in [0.4, 0.5) is 0 Å². The molecule has 94 valence electrons. The second-order valence-electron chi connectivity index (χ2n) is 4.09. The third-order valence-electron chi connectivity index (χ3n) is 2.57. The third-order valence-corrected chi connectivity index (χ3v) is 4.34. The van der Waals surface area contributed by atoms with E-state index < -0.39 is 0 Å². The number of benzene rings is 1. The maximum absolute atomic E-state index is 6.24. The molecule has 1 aromatic heterocycles. The van der Waals surface area contributed by atoms with Gasteiger partial charge in [0.2, 0.25) is 0 Å².